The average Bonchev–Trinajstić information content (AvgIpc) is 2.46. The maximum atomic E-state index is 13.8. The predicted octanol–water partition coefficient (Wildman–Crippen LogP) is 3.86. The van der Waals surface area contributed by atoms with Crippen molar-refractivity contribution in [1.29, 1.82) is 0 Å². The standard InChI is InChI=1S/C17H19FO3/c1-12(19)17-15(18)4-3-5-16(17)21-14-8-6-13(7-9-14)10-11-20-2/h3-9,12,19H,10-11H2,1-2H3. The van der Waals surface area contributed by atoms with Crippen LogP contribution in [0.25, 0.3) is 0 Å². The second kappa shape index (κ2) is 7.20. The van der Waals surface area contributed by atoms with Gasteiger partial charge < -0.3 is 14.6 Å². The van der Waals surface area contributed by atoms with Crippen LogP contribution in [0, 0.1) is 5.82 Å². The molecule has 2 aromatic rings. The van der Waals surface area contributed by atoms with Gasteiger partial charge in [0.25, 0.3) is 0 Å². The molecule has 3 nitrogen and oxygen atoms in total. The largest absolute Gasteiger partial charge is 0.457 e. The van der Waals surface area contributed by atoms with Crippen molar-refractivity contribution in [3.05, 3.63) is 59.4 Å². The molecule has 0 fully saturated rings. The summed E-state index contributed by atoms with van der Waals surface area (Å²) in [6.45, 7) is 2.18. The van der Waals surface area contributed by atoms with E-state index in [2.05, 4.69) is 0 Å². The Morgan fingerprint density at radius 3 is 2.48 bits per heavy atom. The summed E-state index contributed by atoms with van der Waals surface area (Å²) in [5, 5.41) is 9.67. The third-order valence-corrected chi connectivity index (χ3v) is 3.18. The SMILES string of the molecule is COCCc1ccc(Oc2cccc(F)c2C(C)O)cc1. The van der Waals surface area contributed by atoms with Gasteiger partial charge in [-0.25, -0.2) is 4.39 Å². The van der Waals surface area contributed by atoms with Gasteiger partial charge in [0.05, 0.1) is 18.3 Å². The van der Waals surface area contributed by atoms with Crippen LogP contribution in [0.1, 0.15) is 24.2 Å². The van der Waals surface area contributed by atoms with Crippen LogP contribution in [-0.4, -0.2) is 18.8 Å². The lowest BCUT2D eigenvalue weighted by atomic mass is 10.1. The van der Waals surface area contributed by atoms with Gasteiger partial charge in [0.15, 0.2) is 0 Å². The molecule has 0 bridgehead atoms. The van der Waals surface area contributed by atoms with Crippen LogP contribution in [0.15, 0.2) is 42.5 Å². The van der Waals surface area contributed by atoms with E-state index in [9.17, 15) is 9.50 Å². The van der Waals surface area contributed by atoms with Crippen LogP contribution in [0.5, 0.6) is 11.5 Å². The number of ether oxygens (including phenoxy) is 2. The fraction of sp³-hybridized carbons (Fsp3) is 0.294. The fourth-order valence-corrected chi connectivity index (χ4v) is 2.08. The van der Waals surface area contributed by atoms with Gasteiger partial charge in [-0.05, 0) is 43.2 Å². The molecule has 0 spiro atoms. The Hall–Kier alpha value is -1.91. The Labute approximate surface area is 124 Å². The van der Waals surface area contributed by atoms with E-state index >= 15 is 0 Å². The molecule has 1 N–H and O–H groups in total. The third kappa shape index (κ3) is 4.03. The molecule has 2 rings (SSSR count). The van der Waals surface area contributed by atoms with Crippen molar-refractivity contribution in [1.82, 2.24) is 0 Å². The molecular weight excluding hydrogens is 271 g/mol. The summed E-state index contributed by atoms with van der Waals surface area (Å²) >= 11 is 0. The summed E-state index contributed by atoms with van der Waals surface area (Å²) in [4.78, 5) is 0. The summed E-state index contributed by atoms with van der Waals surface area (Å²) in [5.74, 6) is 0.456. The lowest BCUT2D eigenvalue weighted by molar-refractivity contribution is 0.190. The molecule has 21 heavy (non-hydrogen) atoms. The lowest BCUT2D eigenvalue weighted by Gasteiger charge is -2.14. The van der Waals surface area contributed by atoms with Crippen LogP contribution < -0.4 is 4.74 Å². The molecule has 0 saturated heterocycles. The molecule has 4 heteroatoms. The van der Waals surface area contributed by atoms with Gasteiger partial charge in [-0.2, -0.15) is 0 Å². The van der Waals surface area contributed by atoms with Crippen LogP contribution in [0.3, 0.4) is 0 Å². The van der Waals surface area contributed by atoms with E-state index in [0.29, 0.717) is 18.1 Å². The van der Waals surface area contributed by atoms with E-state index < -0.39 is 11.9 Å². The molecule has 0 heterocycles. The van der Waals surface area contributed by atoms with Gasteiger partial charge in [-0.3, -0.25) is 0 Å². The topological polar surface area (TPSA) is 38.7 Å². The van der Waals surface area contributed by atoms with Crippen LogP contribution >= 0.6 is 0 Å². The molecule has 0 amide bonds. The van der Waals surface area contributed by atoms with Gasteiger partial charge >= 0.3 is 0 Å². The minimum Gasteiger partial charge on any atom is -0.457 e. The zero-order valence-corrected chi connectivity index (χ0v) is 12.2. The van der Waals surface area contributed by atoms with Gasteiger partial charge in [0, 0.05) is 7.11 Å². The quantitative estimate of drug-likeness (QED) is 0.878. The Morgan fingerprint density at radius 2 is 1.86 bits per heavy atom. The average molecular weight is 290 g/mol. The molecule has 112 valence electrons. The fourth-order valence-electron chi connectivity index (χ4n) is 2.08. The summed E-state index contributed by atoms with van der Waals surface area (Å²) in [5.41, 5.74) is 1.31. The first-order valence-corrected chi connectivity index (χ1v) is 6.84. The van der Waals surface area contributed by atoms with Crippen molar-refractivity contribution in [2.45, 2.75) is 19.4 Å². The maximum Gasteiger partial charge on any atom is 0.136 e. The van der Waals surface area contributed by atoms with E-state index in [-0.39, 0.29) is 5.56 Å². The normalized spacial score (nSPS) is 12.2. The smallest absolute Gasteiger partial charge is 0.136 e. The minimum atomic E-state index is -0.929. The van der Waals surface area contributed by atoms with Crippen molar-refractivity contribution >= 4 is 0 Å². The number of aliphatic hydroxyl groups excluding tert-OH is 1. The molecule has 0 aliphatic heterocycles. The highest BCUT2D eigenvalue weighted by Gasteiger charge is 2.15. The predicted molar refractivity (Wildman–Crippen MR) is 79.1 cm³/mol. The molecule has 0 aliphatic rings. The van der Waals surface area contributed by atoms with E-state index in [1.807, 2.05) is 24.3 Å². The molecule has 0 radical (unpaired) electrons. The van der Waals surface area contributed by atoms with Crippen LogP contribution in [0.2, 0.25) is 0 Å². The summed E-state index contributed by atoms with van der Waals surface area (Å²) in [6.07, 6.45) is -0.0995. The minimum absolute atomic E-state index is 0.168. The highest BCUT2D eigenvalue weighted by molar-refractivity contribution is 5.40. The summed E-state index contributed by atoms with van der Waals surface area (Å²) in [7, 11) is 1.67. The number of halogens is 1. The zero-order chi connectivity index (χ0) is 15.2. The molecule has 1 unspecified atom stereocenters. The Morgan fingerprint density at radius 1 is 1.14 bits per heavy atom. The first kappa shape index (κ1) is 15.5. The summed E-state index contributed by atoms with van der Waals surface area (Å²) in [6, 6.07) is 12.0. The lowest BCUT2D eigenvalue weighted by Crippen LogP contribution is -2.00. The highest BCUT2D eigenvalue weighted by Crippen LogP contribution is 2.31. The highest BCUT2D eigenvalue weighted by atomic mass is 19.1. The Bertz CT molecular complexity index is 579. The number of hydrogen-bond donors (Lipinski definition) is 1. The van der Waals surface area contributed by atoms with E-state index in [4.69, 9.17) is 9.47 Å². The Kier molecular flexibility index (Phi) is 5.31. The first-order chi connectivity index (χ1) is 10.1. The van der Waals surface area contributed by atoms with Crippen molar-refractivity contribution in [2.24, 2.45) is 0 Å². The van der Waals surface area contributed by atoms with Crippen LogP contribution in [-0.2, 0) is 11.2 Å². The molecule has 0 aromatic heterocycles. The number of rotatable bonds is 6. The van der Waals surface area contributed by atoms with Gasteiger partial charge in [0.1, 0.15) is 17.3 Å². The number of benzene rings is 2. The molecular formula is C17H19FO3. The van der Waals surface area contributed by atoms with Crippen molar-refractivity contribution < 1.29 is 19.0 Å². The first-order valence-electron chi connectivity index (χ1n) is 6.84. The number of methoxy groups -OCH3 is 1. The number of aliphatic hydroxyl groups is 1. The van der Waals surface area contributed by atoms with Gasteiger partial charge in [-0.1, -0.05) is 18.2 Å². The monoisotopic (exact) mass is 290 g/mol. The summed E-state index contributed by atoms with van der Waals surface area (Å²) < 4.78 is 24.5. The molecule has 0 aliphatic carbocycles. The number of hydrogen-bond acceptors (Lipinski definition) is 3. The molecule has 0 saturated carbocycles. The zero-order valence-electron chi connectivity index (χ0n) is 12.2. The van der Waals surface area contributed by atoms with Crippen molar-refractivity contribution in [3.8, 4) is 11.5 Å². The van der Waals surface area contributed by atoms with E-state index in [0.717, 1.165) is 12.0 Å². The molecule has 1 atom stereocenters. The van der Waals surface area contributed by atoms with Crippen molar-refractivity contribution in [3.63, 3.8) is 0 Å². The molecule has 2 aromatic carbocycles. The van der Waals surface area contributed by atoms with E-state index in [1.54, 1.807) is 19.2 Å². The van der Waals surface area contributed by atoms with Crippen molar-refractivity contribution in [2.75, 3.05) is 13.7 Å². The Balaban J connectivity index is 2.17. The van der Waals surface area contributed by atoms with Gasteiger partial charge in [-0.15, -0.1) is 0 Å². The third-order valence-electron chi connectivity index (χ3n) is 3.18. The van der Waals surface area contributed by atoms with Crippen LogP contribution in [0.4, 0.5) is 4.39 Å². The second-order valence-electron chi connectivity index (χ2n) is 4.82. The second-order valence-corrected chi connectivity index (χ2v) is 4.82. The van der Waals surface area contributed by atoms with Gasteiger partial charge in [0.2, 0.25) is 0 Å². The maximum absolute atomic E-state index is 13.8. The van der Waals surface area contributed by atoms with E-state index in [1.165, 1.54) is 13.0 Å².